The predicted octanol–water partition coefficient (Wildman–Crippen LogP) is 2.82. The first-order chi connectivity index (χ1) is 10.1. The van der Waals surface area contributed by atoms with E-state index in [0.717, 1.165) is 44.6 Å². The summed E-state index contributed by atoms with van der Waals surface area (Å²) in [6.07, 6.45) is 3.78. The van der Waals surface area contributed by atoms with Crippen LogP contribution in [0.1, 0.15) is 30.0 Å². The van der Waals surface area contributed by atoms with Crippen LogP contribution in [0.3, 0.4) is 0 Å². The zero-order valence-electron chi connectivity index (χ0n) is 12.5. The Labute approximate surface area is 125 Å². The Morgan fingerprint density at radius 1 is 1.48 bits per heavy atom. The van der Waals surface area contributed by atoms with Gasteiger partial charge in [0.05, 0.1) is 4.92 Å². The van der Waals surface area contributed by atoms with Crippen molar-refractivity contribution in [2.45, 2.75) is 25.8 Å². The Hall–Kier alpha value is -1.72. The molecule has 0 aromatic heterocycles. The van der Waals surface area contributed by atoms with Gasteiger partial charge in [-0.1, -0.05) is 18.2 Å². The molecule has 0 aliphatic carbocycles. The van der Waals surface area contributed by atoms with Crippen LogP contribution in [0.15, 0.2) is 30.9 Å². The number of nitro benzene ring substituents is 1. The number of benzene rings is 1. The zero-order valence-corrected chi connectivity index (χ0v) is 12.5. The number of nitro groups is 1. The molecular weight excluding hydrogens is 266 g/mol. The van der Waals surface area contributed by atoms with Gasteiger partial charge in [-0.3, -0.25) is 15.0 Å². The lowest BCUT2D eigenvalue weighted by molar-refractivity contribution is -0.385. The molecule has 1 heterocycles. The number of allylic oxidation sites excluding steroid dienone is 1. The second-order valence-corrected chi connectivity index (χ2v) is 5.47. The number of rotatable bonds is 6. The van der Waals surface area contributed by atoms with Crippen molar-refractivity contribution in [2.24, 2.45) is 0 Å². The highest BCUT2D eigenvalue weighted by atomic mass is 16.6. The monoisotopic (exact) mass is 289 g/mol. The number of nitrogens with zero attached hydrogens (tertiary/aromatic N) is 2. The van der Waals surface area contributed by atoms with E-state index in [4.69, 9.17) is 0 Å². The molecule has 0 unspecified atom stereocenters. The van der Waals surface area contributed by atoms with Crippen LogP contribution in [0.5, 0.6) is 0 Å². The van der Waals surface area contributed by atoms with Crippen LogP contribution in [-0.2, 0) is 0 Å². The molecule has 0 spiro atoms. The van der Waals surface area contributed by atoms with Crippen molar-refractivity contribution in [3.63, 3.8) is 0 Å². The quantitative estimate of drug-likeness (QED) is 0.497. The summed E-state index contributed by atoms with van der Waals surface area (Å²) in [7, 11) is 0. The number of piperazine rings is 1. The average molecular weight is 289 g/mol. The molecule has 0 saturated carbocycles. The first kappa shape index (κ1) is 15.7. The largest absolute Gasteiger partial charge is 0.314 e. The molecule has 1 N–H and O–H groups in total. The zero-order chi connectivity index (χ0) is 15.2. The van der Waals surface area contributed by atoms with Gasteiger partial charge >= 0.3 is 0 Å². The summed E-state index contributed by atoms with van der Waals surface area (Å²) in [6, 6.07) is 5.85. The Morgan fingerprint density at radius 3 is 2.81 bits per heavy atom. The molecule has 114 valence electrons. The molecule has 1 fully saturated rings. The lowest BCUT2D eigenvalue weighted by atomic mass is 9.97. The average Bonchev–Trinajstić information content (AvgIpc) is 2.50. The molecule has 1 atom stereocenters. The molecule has 1 aliphatic heterocycles. The highest BCUT2D eigenvalue weighted by Gasteiger charge is 2.23. The molecule has 5 nitrogen and oxygen atoms in total. The van der Waals surface area contributed by atoms with Gasteiger partial charge in [-0.05, 0) is 25.3 Å². The lowest BCUT2D eigenvalue weighted by Crippen LogP contribution is -2.45. The van der Waals surface area contributed by atoms with E-state index in [-0.39, 0.29) is 16.7 Å². The fourth-order valence-electron chi connectivity index (χ4n) is 2.86. The van der Waals surface area contributed by atoms with Gasteiger partial charge < -0.3 is 5.32 Å². The van der Waals surface area contributed by atoms with E-state index in [1.165, 1.54) is 0 Å². The smallest absolute Gasteiger partial charge is 0.272 e. The molecule has 1 aromatic rings. The minimum atomic E-state index is -0.291. The van der Waals surface area contributed by atoms with Gasteiger partial charge in [-0.15, -0.1) is 6.58 Å². The first-order valence-corrected chi connectivity index (χ1v) is 7.44. The molecule has 21 heavy (non-hydrogen) atoms. The standard InChI is InChI=1S/C16H23N3O2/c1-3-4-5-15(18-10-8-17-9-11-18)14-7-6-13(2)16(12-14)19(20)21/h3,6-7,12,15,17H,1,4-5,8-11H2,2H3/t15-/m1/s1. The van der Waals surface area contributed by atoms with Crippen LogP contribution >= 0.6 is 0 Å². The fourth-order valence-corrected chi connectivity index (χ4v) is 2.86. The maximum atomic E-state index is 11.2. The number of hydrogen-bond acceptors (Lipinski definition) is 4. The Kier molecular flexibility index (Phi) is 5.47. The van der Waals surface area contributed by atoms with Crippen LogP contribution in [-0.4, -0.2) is 36.0 Å². The second-order valence-electron chi connectivity index (χ2n) is 5.47. The van der Waals surface area contributed by atoms with Crippen LogP contribution in [0.2, 0.25) is 0 Å². The van der Waals surface area contributed by atoms with E-state index < -0.39 is 0 Å². The van der Waals surface area contributed by atoms with Crippen molar-refractivity contribution in [1.29, 1.82) is 0 Å². The van der Waals surface area contributed by atoms with E-state index in [1.807, 2.05) is 18.2 Å². The molecule has 1 saturated heterocycles. The van der Waals surface area contributed by atoms with Gasteiger partial charge in [0.15, 0.2) is 0 Å². The van der Waals surface area contributed by atoms with E-state index in [2.05, 4.69) is 16.8 Å². The molecule has 1 aromatic carbocycles. The Morgan fingerprint density at radius 2 is 2.19 bits per heavy atom. The summed E-state index contributed by atoms with van der Waals surface area (Å²) in [6.45, 7) is 9.47. The first-order valence-electron chi connectivity index (χ1n) is 7.44. The fraction of sp³-hybridized carbons (Fsp3) is 0.500. The maximum Gasteiger partial charge on any atom is 0.272 e. The van der Waals surface area contributed by atoms with Gasteiger partial charge in [0, 0.05) is 43.9 Å². The normalized spacial score (nSPS) is 17.4. The lowest BCUT2D eigenvalue weighted by Gasteiger charge is -2.35. The Bertz CT molecular complexity index is 510. The topological polar surface area (TPSA) is 58.4 Å². The van der Waals surface area contributed by atoms with Crippen LogP contribution in [0, 0.1) is 17.0 Å². The summed E-state index contributed by atoms with van der Waals surface area (Å²) in [5.74, 6) is 0. The molecule has 2 rings (SSSR count). The summed E-state index contributed by atoms with van der Waals surface area (Å²) in [4.78, 5) is 13.3. The number of nitrogens with one attached hydrogen (secondary N) is 1. The van der Waals surface area contributed by atoms with E-state index in [1.54, 1.807) is 13.0 Å². The minimum absolute atomic E-state index is 0.214. The Balaban J connectivity index is 2.28. The molecule has 0 bridgehead atoms. The van der Waals surface area contributed by atoms with Gasteiger partial charge in [-0.2, -0.15) is 0 Å². The molecule has 0 radical (unpaired) electrons. The van der Waals surface area contributed by atoms with E-state index in [9.17, 15) is 10.1 Å². The molecule has 0 amide bonds. The third-order valence-corrected chi connectivity index (χ3v) is 4.05. The number of hydrogen-bond donors (Lipinski definition) is 1. The van der Waals surface area contributed by atoms with Crippen molar-refractivity contribution in [3.05, 3.63) is 52.1 Å². The van der Waals surface area contributed by atoms with Crippen molar-refractivity contribution in [1.82, 2.24) is 10.2 Å². The number of aryl methyl sites for hydroxylation is 1. The van der Waals surface area contributed by atoms with Gasteiger partial charge in [0.1, 0.15) is 0 Å². The van der Waals surface area contributed by atoms with Crippen LogP contribution in [0.25, 0.3) is 0 Å². The van der Waals surface area contributed by atoms with E-state index >= 15 is 0 Å². The van der Waals surface area contributed by atoms with Crippen LogP contribution in [0.4, 0.5) is 5.69 Å². The summed E-state index contributed by atoms with van der Waals surface area (Å²) in [5.41, 5.74) is 1.97. The van der Waals surface area contributed by atoms with Crippen molar-refractivity contribution >= 4 is 5.69 Å². The molecular formula is C16H23N3O2. The van der Waals surface area contributed by atoms with Gasteiger partial charge in [0.25, 0.3) is 5.69 Å². The third kappa shape index (κ3) is 3.89. The minimum Gasteiger partial charge on any atom is -0.314 e. The third-order valence-electron chi connectivity index (χ3n) is 4.05. The summed E-state index contributed by atoms with van der Waals surface area (Å²) < 4.78 is 0. The highest BCUT2D eigenvalue weighted by Crippen LogP contribution is 2.30. The van der Waals surface area contributed by atoms with Crippen molar-refractivity contribution in [2.75, 3.05) is 26.2 Å². The predicted molar refractivity (Wildman–Crippen MR) is 84.4 cm³/mol. The summed E-state index contributed by atoms with van der Waals surface area (Å²) >= 11 is 0. The SMILES string of the molecule is C=CCC[C@H](c1ccc(C)c([N+](=O)[O-])c1)N1CCNCC1. The maximum absolute atomic E-state index is 11.2. The van der Waals surface area contributed by atoms with Crippen molar-refractivity contribution < 1.29 is 4.92 Å². The molecule has 5 heteroatoms. The van der Waals surface area contributed by atoms with Crippen molar-refractivity contribution in [3.8, 4) is 0 Å². The second kappa shape index (κ2) is 7.33. The van der Waals surface area contributed by atoms with Gasteiger partial charge in [0.2, 0.25) is 0 Å². The van der Waals surface area contributed by atoms with E-state index in [0.29, 0.717) is 5.56 Å². The molecule has 1 aliphatic rings. The van der Waals surface area contributed by atoms with Crippen LogP contribution < -0.4 is 5.32 Å². The summed E-state index contributed by atoms with van der Waals surface area (Å²) in [5, 5.41) is 14.5. The van der Waals surface area contributed by atoms with Gasteiger partial charge in [-0.25, -0.2) is 0 Å². The highest BCUT2D eigenvalue weighted by molar-refractivity contribution is 5.43.